The standard InChI is InChI=1S/C32H29FN6O3S/c1-3-13-34-28(19-43(2,40)41)31-12-11-30(42-31)22-7-9-27-26(16-22)32(36-20-35-27)38-25-8-10-29-23(15-25)17-37-39(29)18-21-5-4-6-24(33)14-21/h3-12,14-17,20,28,34H,1,13,18-19H2,2H3,(H,35,36,38). The normalized spacial score (nSPS) is 12.5. The molecule has 2 N–H and O–H groups in total. The van der Waals surface area contributed by atoms with Gasteiger partial charge in [-0.05, 0) is 66.2 Å². The molecule has 11 heteroatoms. The fourth-order valence-corrected chi connectivity index (χ4v) is 5.90. The lowest BCUT2D eigenvalue weighted by Gasteiger charge is -2.14. The molecule has 1 atom stereocenters. The Morgan fingerprint density at radius 1 is 1.07 bits per heavy atom. The van der Waals surface area contributed by atoms with Gasteiger partial charge in [0.25, 0.3) is 0 Å². The predicted molar refractivity (Wildman–Crippen MR) is 166 cm³/mol. The average Bonchev–Trinajstić information content (AvgIpc) is 3.62. The molecule has 3 heterocycles. The quantitative estimate of drug-likeness (QED) is 0.174. The monoisotopic (exact) mass is 596 g/mol. The van der Waals surface area contributed by atoms with Gasteiger partial charge in [0.05, 0.1) is 35.6 Å². The zero-order valence-electron chi connectivity index (χ0n) is 23.4. The summed E-state index contributed by atoms with van der Waals surface area (Å²) in [6, 6.07) is 21.3. The van der Waals surface area contributed by atoms with E-state index in [1.807, 2.05) is 53.2 Å². The lowest BCUT2D eigenvalue weighted by atomic mass is 10.1. The van der Waals surface area contributed by atoms with Crippen LogP contribution < -0.4 is 10.6 Å². The molecule has 0 aliphatic heterocycles. The van der Waals surface area contributed by atoms with E-state index in [9.17, 15) is 12.8 Å². The van der Waals surface area contributed by atoms with Gasteiger partial charge in [0.1, 0.15) is 39.3 Å². The van der Waals surface area contributed by atoms with Crippen molar-refractivity contribution in [1.29, 1.82) is 0 Å². The van der Waals surface area contributed by atoms with Gasteiger partial charge in [0.2, 0.25) is 0 Å². The van der Waals surface area contributed by atoms with Crippen molar-refractivity contribution in [2.45, 2.75) is 12.6 Å². The molecule has 0 radical (unpaired) electrons. The second-order valence-electron chi connectivity index (χ2n) is 10.3. The number of benzene rings is 3. The molecule has 0 aliphatic carbocycles. The summed E-state index contributed by atoms with van der Waals surface area (Å²) in [4.78, 5) is 8.92. The molecule has 1 unspecified atom stereocenters. The first-order valence-electron chi connectivity index (χ1n) is 13.6. The summed E-state index contributed by atoms with van der Waals surface area (Å²) in [5.74, 6) is 1.37. The van der Waals surface area contributed by atoms with Crippen LogP contribution in [0.25, 0.3) is 33.1 Å². The first kappa shape index (κ1) is 28.3. The number of halogens is 1. The Bertz CT molecular complexity index is 2050. The van der Waals surface area contributed by atoms with Crippen molar-refractivity contribution in [1.82, 2.24) is 25.1 Å². The fraction of sp³-hybridized carbons (Fsp3) is 0.156. The maximum Gasteiger partial charge on any atom is 0.149 e. The number of fused-ring (bicyclic) bond motifs is 2. The van der Waals surface area contributed by atoms with Gasteiger partial charge >= 0.3 is 0 Å². The van der Waals surface area contributed by atoms with Crippen molar-refractivity contribution in [3.63, 3.8) is 0 Å². The molecular formula is C32H29FN6O3S. The first-order valence-corrected chi connectivity index (χ1v) is 15.7. The number of nitrogens with zero attached hydrogens (tertiary/aromatic N) is 4. The number of sulfone groups is 1. The van der Waals surface area contributed by atoms with Gasteiger partial charge < -0.3 is 15.1 Å². The average molecular weight is 597 g/mol. The Morgan fingerprint density at radius 2 is 1.95 bits per heavy atom. The molecule has 0 spiro atoms. The van der Waals surface area contributed by atoms with Gasteiger partial charge in [-0.25, -0.2) is 22.8 Å². The van der Waals surface area contributed by atoms with E-state index >= 15 is 0 Å². The Kier molecular flexibility index (Phi) is 7.75. The van der Waals surface area contributed by atoms with Gasteiger partial charge in [-0.15, -0.1) is 6.58 Å². The van der Waals surface area contributed by atoms with Gasteiger partial charge in [-0.3, -0.25) is 4.68 Å². The molecule has 6 rings (SSSR count). The minimum atomic E-state index is -3.25. The van der Waals surface area contributed by atoms with Crippen LogP contribution >= 0.6 is 0 Å². The van der Waals surface area contributed by atoms with Gasteiger partial charge in [0.15, 0.2) is 0 Å². The topological polar surface area (TPSA) is 115 Å². The van der Waals surface area contributed by atoms with Crippen LogP contribution in [0.4, 0.5) is 15.9 Å². The molecule has 0 amide bonds. The number of hydrogen-bond acceptors (Lipinski definition) is 8. The summed E-state index contributed by atoms with van der Waals surface area (Å²) in [6.45, 7) is 4.60. The van der Waals surface area contributed by atoms with E-state index in [4.69, 9.17) is 4.42 Å². The van der Waals surface area contributed by atoms with E-state index < -0.39 is 15.9 Å². The molecule has 3 aromatic heterocycles. The van der Waals surface area contributed by atoms with Crippen molar-refractivity contribution in [2.24, 2.45) is 0 Å². The Morgan fingerprint density at radius 3 is 2.77 bits per heavy atom. The van der Waals surface area contributed by atoms with Gasteiger partial charge in [-0.2, -0.15) is 5.10 Å². The van der Waals surface area contributed by atoms with Crippen molar-refractivity contribution < 1.29 is 17.2 Å². The summed E-state index contributed by atoms with van der Waals surface area (Å²) in [5, 5.41) is 12.8. The summed E-state index contributed by atoms with van der Waals surface area (Å²) >= 11 is 0. The summed E-state index contributed by atoms with van der Waals surface area (Å²) in [5.41, 5.74) is 4.13. The lowest BCUT2D eigenvalue weighted by Crippen LogP contribution is -2.27. The predicted octanol–water partition coefficient (Wildman–Crippen LogP) is 6.03. The molecular weight excluding hydrogens is 567 g/mol. The molecule has 0 aliphatic rings. The van der Waals surface area contributed by atoms with Crippen LogP contribution in [0, 0.1) is 5.82 Å². The highest BCUT2D eigenvalue weighted by molar-refractivity contribution is 7.90. The highest BCUT2D eigenvalue weighted by Gasteiger charge is 2.21. The number of hydrogen-bond donors (Lipinski definition) is 2. The van der Waals surface area contributed by atoms with E-state index in [-0.39, 0.29) is 11.6 Å². The van der Waals surface area contributed by atoms with Crippen LogP contribution in [-0.2, 0) is 16.4 Å². The Labute approximate surface area is 248 Å². The Hall–Kier alpha value is -4.87. The van der Waals surface area contributed by atoms with Gasteiger partial charge in [-0.1, -0.05) is 18.2 Å². The molecule has 0 saturated carbocycles. The third-order valence-electron chi connectivity index (χ3n) is 6.99. The van der Waals surface area contributed by atoms with Crippen molar-refractivity contribution >= 4 is 43.1 Å². The van der Waals surface area contributed by atoms with Crippen molar-refractivity contribution in [3.05, 3.63) is 115 Å². The third-order valence-corrected chi connectivity index (χ3v) is 7.93. The van der Waals surface area contributed by atoms with Crippen LogP contribution in [0.15, 0.2) is 102 Å². The minimum absolute atomic E-state index is 0.0958. The number of anilines is 2. The summed E-state index contributed by atoms with van der Waals surface area (Å²) < 4.78 is 45.6. The SMILES string of the molecule is C=CCNC(CS(C)(=O)=O)c1ccc(-c2ccc3ncnc(Nc4ccc5c(cnn5Cc5cccc(F)c5)c4)c3c2)o1. The lowest BCUT2D eigenvalue weighted by molar-refractivity contribution is 0.448. The molecule has 0 saturated heterocycles. The van der Waals surface area contributed by atoms with E-state index in [0.29, 0.717) is 30.4 Å². The van der Waals surface area contributed by atoms with Crippen LogP contribution in [-0.4, -0.2) is 46.7 Å². The van der Waals surface area contributed by atoms with E-state index in [0.717, 1.165) is 38.6 Å². The van der Waals surface area contributed by atoms with E-state index in [2.05, 4.69) is 32.3 Å². The fourth-order valence-electron chi connectivity index (χ4n) is 5.01. The zero-order valence-corrected chi connectivity index (χ0v) is 24.2. The minimum Gasteiger partial charge on any atom is -0.459 e. The maximum atomic E-state index is 13.7. The largest absolute Gasteiger partial charge is 0.459 e. The molecule has 3 aromatic carbocycles. The Balaban J connectivity index is 1.27. The van der Waals surface area contributed by atoms with E-state index in [1.54, 1.807) is 24.4 Å². The second kappa shape index (κ2) is 11.8. The number of nitrogens with one attached hydrogen (secondary N) is 2. The van der Waals surface area contributed by atoms with Crippen LogP contribution in [0.3, 0.4) is 0 Å². The first-order chi connectivity index (χ1) is 20.8. The van der Waals surface area contributed by atoms with Crippen molar-refractivity contribution in [2.75, 3.05) is 23.9 Å². The van der Waals surface area contributed by atoms with Crippen LogP contribution in [0.2, 0.25) is 0 Å². The number of furan rings is 1. The molecule has 6 aromatic rings. The highest BCUT2D eigenvalue weighted by atomic mass is 32.2. The van der Waals surface area contributed by atoms with E-state index in [1.165, 1.54) is 24.7 Å². The molecule has 9 nitrogen and oxygen atoms in total. The summed E-state index contributed by atoms with van der Waals surface area (Å²) in [7, 11) is -3.25. The van der Waals surface area contributed by atoms with Crippen molar-refractivity contribution in [3.8, 4) is 11.3 Å². The zero-order chi connectivity index (χ0) is 30.0. The highest BCUT2D eigenvalue weighted by Crippen LogP contribution is 2.32. The second-order valence-corrected chi connectivity index (χ2v) is 12.5. The smallest absolute Gasteiger partial charge is 0.149 e. The summed E-state index contributed by atoms with van der Waals surface area (Å²) in [6.07, 6.45) is 6.17. The van der Waals surface area contributed by atoms with Crippen LogP contribution in [0.1, 0.15) is 17.4 Å². The maximum absolute atomic E-state index is 13.7. The van der Waals surface area contributed by atoms with Gasteiger partial charge in [0, 0.05) is 34.8 Å². The van der Waals surface area contributed by atoms with Crippen LogP contribution in [0.5, 0.6) is 0 Å². The molecule has 43 heavy (non-hydrogen) atoms. The number of rotatable bonds is 11. The molecule has 218 valence electrons. The molecule has 0 fully saturated rings. The molecule has 0 bridgehead atoms. The number of aromatic nitrogens is 4. The third kappa shape index (κ3) is 6.47.